The van der Waals surface area contributed by atoms with Gasteiger partial charge in [-0.2, -0.15) is 0 Å². The van der Waals surface area contributed by atoms with Crippen molar-refractivity contribution in [2.24, 2.45) is 0 Å². The van der Waals surface area contributed by atoms with Crippen molar-refractivity contribution in [1.29, 1.82) is 0 Å². The number of carbonyl (C=O) groups excluding carboxylic acids is 2. The molecule has 276 valence electrons. The maximum atomic E-state index is 14.1. The number of ether oxygens (including phenoxy) is 2. The highest BCUT2D eigenvalue weighted by atomic mass is 16.5. The highest BCUT2D eigenvalue weighted by Crippen LogP contribution is 2.39. The van der Waals surface area contributed by atoms with E-state index in [9.17, 15) is 9.59 Å². The molecular formula is C48H42N4O4+2. The first kappa shape index (κ1) is 34.9. The molecule has 56 heavy (non-hydrogen) atoms. The van der Waals surface area contributed by atoms with Crippen molar-refractivity contribution in [2.45, 2.75) is 39.0 Å². The third-order valence-corrected chi connectivity index (χ3v) is 10.6. The fraction of sp³-hybridized carbons (Fsp3) is 0.167. The molecule has 2 aromatic heterocycles. The molecular weight excluding hydrogens is 697 g/mol. The van der Waals surface area contributed by atoms with Gasteiger partial charge >= 0.3 is 0 Å². The molecule has 0 amide bonds. The van der Waals surface area contributed by atoms with Crippen LogP contribution in [0.3, 0.4) is 0 Å². The molecule has 0 N–H and O–H groups in total. The largest absolute Gasteiger partial charge is 0.493 e. The average molecular weight is 739 g/mol. The van der Waals surface area contributed by atoms with Gasteiger partial charge < -0.3 is 9.47 Å². The van der Waals surface area contributed by atoms with Gasteiger partial charge in [-0.25, -0.2) is 18.3 Å². The molecule has 1 aliphatic carbocycles. The van der Waals surface area contributed by atoms with E-state index in [-0.39, 0.29) is 22.7 Å². The monoisotopic (exact) mass is 738 g/mol. The first-order valence-electron chi connectivity index (χ1n) is 19.3. The Morgan fingerprint density at radius 2 is 0.839 bits per heavy atom. The lowest BCUT2D eigenvalue weighted by Crippen LogP contribution is -2.32. The lowest BCUT2D eigenvalue weighted by Gasteiger charge is -2.22. The van der Waals surface area contributed by atoms with Crippen LogP contribution in [0.25, 0.3) is 22.1 Å². The highest BCUT2D eigenvalue weighted by molar-refractivity contribution is 6.30. The lowest BCUT2D eigenvalue weighted by atomic mass is 9.83. The quantitative estimate of drug-likeness (QED) is 0.0839. The molecule has 2 heterocycles. The third-order valence-electron chi connectivity index (χ3n) is 10.6. The minimum atomic E-state index is -0.226. The van der Waals surface area contributed by atoms with Crippen molar-refractivity contribution in [3.63, 3.8) is 0 Å². The Labute approximate surface area is 325 Å². The topological polar surface area (TPSA) is 70.2 Å². The summed E-state index contributed by atoms with van der Waals surface area (Å²) in [6.07, 6.45) is 5.72. The standard InChI is InChI=1S/C48H42N4O4/c53-47-37-19-7-8-20-38(37)48(54)46-44(56-30-14-28-50-34-52(32-36-17-5-2-6-18-36)42-24-12-10-22-40(42)50)26-25-43(45(46)47)55-29-13-27-49-33-51(31-35-15-3-1-4-16-35)41-23-11-9-21-39(41)49/h1-12,15-26,33-34H,13-14,27-32H2/q+2. The van der Waals surface area contributed by atoms with Crippen LogP contribution in [0.15, 0.2) is 158 Å². The summed E-state index contributed by atoms with van der Waals surface area (Å²) in [4.78, 5) is 28.1. The van der Waals surface area contributed by atoms with Crippen molar-refractivity contribution < 1.29 is 28.2 Å². The summed E-state index contributed by atoms with van der Waals surface area (Å²) in [5.74, 6) is 0.351. The third kappa shape index (κ3) is 6.86. The Bertz CT molecular complexity index is 2510. The van der Waals surface area contributed by atoms with Gasteiger partial charge in [-0.05, 0) is 47.5 Å². The van der Waals surface area contributed by atoms with Gasteiger partial charge in [-0.3, -0.25) is 9.59 Å². The van der Waals surface area contributed by atoms with Gasteiger partial charge in [-0.1, -0.05) is 109 Å². The first-order valence-corrected chi connectivity index (χ1v) is 19.3. The molecule has 0 saturated carbocycles. The molecule has 0 aliphatic heterocycles. The summed E-state index contributed by atoms with van der Waals surface area (Å²) in [5, 5.41) is 0. The molecule has 0 unspecified atom stereocenters. The minimum Gasteiger partial charge on any atom is -0.493 e. The van der Waals surface area contributed by atoms with Crippen LogP contribution in [-0.4, -0.2) is 33.9 Å². The second kappa shape index (κ2) is 15.5. The minimum absolute atomic E-state index is 0.226. The number of nitrogens with zero attached hydrogens (tertiary/aromatic N) is 4. The Balaban J connectivity index is 0.907. The van der Waals surface area contributed by atoms with Gasteiger partial charge in [0.1, 0.15) is 24.6 Å². The van der Waals surface area contributed by atoms with Crippen molar-refractivity contribution in [3.8, 4) is 11.5 Å². The number of benzene rings is 6. The Kier molecular flexibility index (Phi) is 9.68. The summed E-state index contributed by atoms with van der Waals surface area (Å²) in [6, 6.07) is 48.2. The van der Waals surface area contributed by atoms with E-state index in [0.29, 0.717) is 48.7 Å². The SMILES string of the molecule is O=C1c2ccccc2C(=O)c2c(OCCCn3c[n+](Cc4ccccc4)c4ccccc43)ccc(OCCCn3c[n+](Cc4ccccc4)c4ccccc43)c21. The average Bonchev–Trinajstić information content (AvgIpc) is 3.77. The van der Waals surface area contributed by atoms with Crippen molar-refractivity contribution in [1.82, 2.24) is 9.13 Å². The Morgan fingerprint density at radius 3 is 1.29 bits per heavy atom. The van der Waals surface area contributed by atoms with Crippen molar-refractivity contribution in [2.75, 3.05) is 13.2 Å². The van der Waals surface area contributed by atoms with Crippen LogP contribution in [0.2, 0.25) is 0 Å². The maximum absolute atomic E-state index is 14.1. The van der Waals surface area contributed by atoms with Crippen LogP contribution >= 0.6 is 0 Å². The number of hydrogen-bond donors (Lipinski definition) is 0. The van der Waals surface area contributed by atoms with E-state index in [1.807, 2.05) is 12.1 Å². The van der Waals surface area contributed by atoms with Crippen molar-refractivity contribution in [3.05, 3.63) is 192 Å². The molecule has 0 radical (unpaired) electrons. The number of ketones is 2. The molecule has 1 aliphatic rings. The predicted molar refractivity (Wildman–Crippen MR) is 215 cm³/mol. The zero-order chi connectivity index (χ0) is 37.8. The molecule has 8 aromatic rings. The van der Waals surface area contributed by atoms with Crippen LogP contribution < -0.4 is 18.6 Å². The Hall–Kier alpha value is -6.80. The smallest absolute Gasteiger partial charge is 0.245 e. The number of imidazole rings is 2. The second-order valence-electron chi connectivity index (χ2n) is 14.2. The van der Waals surface area contributed by atoms with Crippen LogP contribution in [0.5, 0.6) is 11.5 Å². The zero-order valence-corrected chi connectivity index (χ0v) is 31.1. The summed E-state index contributed by atoms with van der Waals surface area (Å²) >= 11 is 0. The lowest BCUT2D eigenvalue weighted by molar-refractivity contribution is -0.663. The van der Waals surface area contributed by atoms with Gasteiger partial charge in [0, 0.05) is 24.0 Å². The molecule has 0 atom stereocenters. The number of carbonyl (C=O) groups is 2. The molecule has 0 fully saturated rings. The molecule has 0 spiro atoms. The van der Waals surface area contributed by atoms with E-state index in [2.05, 4.69) is 128 Å². The van der Waals surface area contributed by atoms with Gasteiger partial charge in [-0.15, -0.1) is 0 Å². The molecule has 6 aromatic carbocycles. The number of aromatic nitrogens is 4. The Morgan fingerprint density at radius 1 is 0.446 bits per heavy atom. The van der Waals surface area contributed by atoms with E-state index in [1.165, 1.54) is 11.1 Å². The molecule has 8 nitrogen and oxygen atoms in total. The van der Waals surface area contributed by atoms with Gasteiger partial charge in [0.2, 0.25) is 12.7 Å². The fourth-order valence-corrected chi connectivity index (χ4v) is 7.89. The number of para-hydroxylation sites is 4. The maximum Gasteiger partial charge on any atom is 0.245 e. The number of hydrogen-bond acceptors (Lipinski definition) is 4. The predicted octanol–water partition coefficient (Wildman–Crippen LogP) is 7.98. The summed E-state index contributed by atoms with van der Waals surface area (Å²) < 4.78 is 21.7. The highest BCUT2D eigenvalue weighted by Gasteiger charge is 2.35. The molecule has 8 heteroatoms. The van der Waals surface area contributed by atoms with E-state index in [0.717, 1.165) is 48.2 Å². The zero-order valence-electron chi connectivity index (χ0n) is 31.1. The fourth-order valence-electron chi connectivity index (χ4n) is 7.89. The normalized spacial score (nSPS) is 12.2. The van der Waals surface area contributed by atoms with Crippen LogP contribution in [0, 0.1) is 0 Å². The number of fused-ring (bicyclic) bond motifs is 4. The van der Waals surface area contributed by atoms with Crippen molar-refractivity contribution >= 4 is 33.6 Å². The summed E-state index contributed by atoms with van der Waals surface area (Å²) in [6.45, 7) is 3.75. The van der Waals surface area contributed by atoms with E-state index >= 15 is 0 Å². The summed E-state index contributed by atoms with van der Waals surface area (Å²) in [7, 11) is 0. The molecule has 9 rings (SSSR count). The van der Waals surface area contributed by atoms with Gasteiger partial charge in [0.05, 0.1) is 37.4 Å². The number of rotatable bonds is 14. The first-order chi connectivity index (χ1) is 27.6. The van der Waals surface area contributed by atoms with Gasteiger partial charge in [0.25, 0.3) is 0 Å². The number of aryl methyl sites for hydroxylation is 2. The second-order valence-corrected chi connectivity index (χ2v) is 14.2. The molecule has 0 saturated heterocycles. The van der Waals surface area contributed by atoms with E-state index in [1.54, 1.807) is 36.4 Å². The van der Waals surface area contributed by atoms with E-state index < -0.39 is 0 Å². The molecule has 0 bridgehead atoms. The summed E-state index contributed by atoms with van der Waals surface area (Å²) in [5.41, 5.74) is 8.43. The van der Waals surface area contributed by atoms with Crippen LogP contribution in [0.1, 0.15) is 55.8 Å². The van der Waals surface area contributed by atoms with Crippen LogP contribution in [0.4, 0.5) is 0 Å². The van der Waals surface area contributed by atoms with Gasteiger partial charge in [0.15, 0.2) is 33.6 Å². The van der Waals surface area contributed by atoms with E-state index in [4.69, 9.17) is 9.47 Å². The van der Waals surface area contributed by atoms with Crippen LogP contribution in [-0.2, 0) is 26.2 Å².